The topological polar surface area (TPSA) is 56.1 Å². The van der Waals surface area contributed by atoms with Crippen LogP contribution in [0.25, 0.3) is 22.3 Å². The zero-order valence-electron chi connectivity index (χ0n) is 15.1. The second-order valence-electron chi connectivity index (χ2n) is 6.27. The number of fused-ring (bicyclic) bond motifs is 1. The lowest BCUT2D eigenvalue weighted by Crippen LogP contribution is -2.29. The number of aromatic nitrogens is 2. The number of hydrogen-bond acceptors (Lipinski definition) is 4. The quantitative estimate of drug-likeness (QED) is 0.593. The van der Waals surface area contributed by atoms with Crippen molar-refractivity contribution in [1.82, 2.24) is 9.66 Å². The van der Waals surface area contributed by atoms with Crippen molar-refractivity contribution in [3.05, 3.63) is 88.7 Å². The summed E-state index contributed by atoms with van der Waals surface area (Å²) >= 11 is 0. The molecule has 3 aromatic carbocycles. The van der Waals surface area contributed by atoms with Gasteiger partial charge in [-0.2, -0.15) is 4.68 Å². The lowest BCUT2D eigenvalue weighted by molar-refractivity contribution is 0.416. The molecule has 5 heteroatoms. The first-order chi connectivity index (χ1) is 13.2. The van der Waals surface area contributed by atoms with E-state index in [1.54, 1.807) is 13.2 Å². The summed E-state index contributed by atoms with van der Waals surface area (Å²) in [6.07, 6.45) is 0. The SMILES string of the molecule is COc1ccccc1-c1nc2ccccc2c(=O)n1Nc1cccc(C)c1. The number of rotatable bonds is 4. The van der Waals surface area contributed by atoms with Crippen LogP contribution in [0.2, 0.25) is 0 Å². The van der Waals surface area contributed by atoms with Crippen molar-refractivity contribution in [3.63, 3.8) is 0 Å². The third kappa shape index (κ3) is 3.15. The maximum absolute atomic E-state index is 13.2. The van der Waals surface area contributed by atoms with Gasteiger partial charge in [-0.15, -0.1) is 0 Å². The zero-order chi connectivity index (χ0) is 18.8. The van der Waals surface area contributed by atoms with Crippen molar-refractivity contribution < 1.29 is 4.74 Å². The minimum atomic E-state index is -0.164. The maximum Gasteiger partial charge on any atom is 0.280 e. The minimum absolute atomic E-state index is 0.164. The van der Waals surface area contributed by atoms with E-state index in [1.807, 2.05) is 73.7 Å². The van der Waals surface area contributed by atoms with Crippen molar-refractivity contribution >= 4 is 16.6 Å². The molecule has 0 aliphatic rings. The summed E-state index contributed by atoms with van der Waals surface area (Å²) < 4.78 is 6.97. The average Bonchev–Trinajstić information content (AvgIpc) is 2.70. The average molecular weight is 357 g/mol. The van der Waals surface area contributed by atoms with Gasteiger partial charge in [-0.25, -0.2) is 4.98 Å². The largest absolute Gasteiger partial charge is 0.496 e. The lowest BCUT2D eigenvalue weighted by atomic mass is 10.1. The van der Waals surface area contributed by atoms with Crippen LogP contribution >= 0.6 is 0 Å². The van der Waals surface area contributed by atoms with Crippen molar-refractivity contribution in [1.29, 1.82) is 0 Å². The Balaban J connectivity index is 2.00. The highest BCUT2D eigenvalue weighted by atomic mass is 16.5. The number of para-hydroxylation sites is 2. The number of methoxy groups -OCH3 is 1. The number of anilines is 1. The van der Waals surface area contributed by atoms with Crippen molar-refractivity contribution in [2.75, 3.05) is 12.5 Å². The first-order valence-corrected chi connectivity index (χ1v) is 8.66. The van der Waals surface area contributed by atoms with E-state index in [1.165, 1.54) is 4.68 Å². The van der Waals surface area contributed by atoms with Gasteiger partial charge in [-0.1, -0.05) is 36.4 Å². The summed E-state index contributed by atoms with van der Waals surface area (Å²) in [5.41, 5.74) is 6.34. The van der Waals surface area contributed by atoms with Gasteiger partial charge in [0.1, 0.15) is 5.75 Å². The fourth-order valence-electron chi connectivity index (χ4n) is 3.09. The number of ether oxygens (including phenoxy) is 1. The minimum Gasteiger partial charge on any atom is -0.496 e. The Morgan fingerprint density at radius 3 is 2.56 bits per heavy atom. The lowest BCUT2D eigenvalue weighted by Gasteiger charge is -2.17. The van der Waals surface area contributed by atoms with Crippen molar-refractivity contribution in [2.45, 2.75) is 6.92 Å². The Morgan fingerprint density at radius 1 is 0.963 bits per heavy atom. The molecular weight excluding hydrogens is 338 g/mol. The second-order valence-corrected chi connectivity index (χ2v) is 6.27. The second kappa shape index (κ2) is 6.96. The zero-order valence-corrected chi connectivity index (χ0v) is 15.1. The molecule has 4 rings (SSSR count). The van der Waals surface area contributed by atoms with Gasteiger partial charge < -0.3 is 4.74 Å². The van der Waals surface area contributed by atoms with Crippen LogP contribution in [0.5, 0.6) is 5.75 Å². The molecule has 0 atom stereocenters. The van der Waals surface area contributed by atoms with Crippen LogP contribution in [0.15, 0.2) is 77.6 Å². The smallest absolute Gasteiger partial charge is 0.280 e. The Labute approximate surface area is 156 Å². The molecule has 1 N–H and O–H groups in total. The molecular formula is C22H19N3O2. The van der Waals surface area contributed by atoms with Gasteiger partial charge >= 0.3 is 0 Å². The molecule has 0 unspecified atom stereocenters. The molecule has 0 saturated heterocycles. The maximum atomic E-state index is 13.2. The normalized spacial score (nSPS) is 10.7. The monoisotopic (exact) mass is 357 g/mol. The number of nitrogens with zero attached hydrogens (tertiary/aromatic N) is 2. The fraction of sp³-hybridized carbons (Fsp3) is 0.0909. The van der Waals surface area contributed by atoms with Gasteiger partial charge in [0.05, 0.1) is 29.3 Å². The van der Waals surface area contributed by atoms with Crippen LogP contribution in [0.3, 0.4) is 0 Å². The number of nitrogens with one attached hydrogen (secondary N) is 1. The highest BCUT2D eigenvalue weighted by Gasteiger charge is 2.16. The molecule has 0 radical (unpaired) electrons. The van der Waals surface area contributed by atoms with Gasteiger partial charge in [0.15, 0.2) is 5.82 Å². The molecule has 0 saturated carbocycles. The summed E-state index contributed by atoms with van der Waals surface area (Å²) in [6, 6.07) is 22.7. The predicted octanol–water partition coefficient (Wildman–Crippen LogP) is 4.26. The molecule has 0 fully saturated rings. The molecule has 27 heavy (non-hydrogen) atoms. The fourth-order valence-corrected chi connectivity index (χ4v) is 3.09. The Kier molecular flexibility index (Phi) is 4.34. The molecule has 134 valence electrons. The first kappa shape index (κ1) is 16.8. The van der Waals surface area contributed by atoms with Crippen LogP contribution in [0.1, 0.15) is 5.56 Å². The highest BCUT2D eigenvalue weighted by molar-refractivity contribution is 5.80. The van der Waals surface area contributed by atoms with E-state index >= 15 is 0 Å². The Bertz CT molecular complexity index is 1180. The number of aryl methyl sites for hydroxylation is 1. The molecule has 0 aliphatic heterocycles. The summed E-state index contributed by atoms with van der Waals surface area (Å²) in [7, 11) is 1.61. The van der Waals surface area contributed by atoms with Crippen LogP contribution in [0, 0.1) is 6.92 Å². The van der Waals surface area contributed by atoms with Gasteiger partial charge in [0, 0.05) is 0 Å². The summed E-state index contributed by atoms with van der Waals surface area (Å²) in [6.45, 7) is 2.01. The molecule has 1 heterocycles. The summed E-state index contributed by atoms with van der Waals surface area (Å²) in [5, 5.41) is 0.552. The van der Waals surface area contributed by atoms with Crippen LogP contribution < -0.4 is 15.7 Å². The summed E-state index contributed by atoms with van der Waals surface area (Å²) in [4.78, 5) is 18.0. The number of benzene rings is 3. The number of hydrogen-bond donors (Lipinski definition) is 1. The van der Waals surface area contributed by atoms with Gasteiger partial charge in [0.25, 0.3) is 5.56 Å². The van der Waals surface area contributed by atoms with Crippen molar-refractivity contribution in [2.24, 2.45) is 0 Å². The molecule has 4 aromatic rings. The van der Waals surface area contributed by atoms with E-state index in [2.05, 4.69) is 5.43 Å². The Morgan fingerprint density at radius 2 is 1.74 bits per heavy atom. The standard InChI is InChI=1S/C22H19N3O2/c1-15-8-7-9-16(14-15)24-25-21(18-11-4-6-13-20(18)27-2)23-19-12-5-3-10-17(19)22(25)26/h3-14,24H,1-2H3. The van der Waals surface area contributed by atoms with Crippen LogP contribution in [-0.4, -0.2) is 16.8 Å². The predicted molar refractivity (Wildman–Crippen MR) is 108 cm³/mol. The van der Waals surface area contributed by atoms with E-state index in [-0.39, 0.29) is 5.56 Å². The van der Waals surface area contributed by atoms with Crippen LogP contribution in [0.4, 0.5) is 5.69 Å². The van der Waals surface area contributed by atoms with Gasteiger partial charge in [-0.3, -0.25) is 10.2 Å². The third-order valence-corrected chi connectivity index (χ3v) is 4.38. The van der Waals surface area contributed by atoms with Gasteiger partial charge in [-0.05, 0) is 48.9 Å². The molecule has 1 aromatic heterocycles. The van der Waals surface area contributed by atoms with E-state index in [4.69, 9.17) is 9.72 Å². The molecule has 5 nitrogen and oxygen atoms in total. The van der Waals surface area contributed by atoms with E-state index < -0.39 is 0 Å². The van der Waals surface area contributed by atoms with Gasteiger partial charge in [0.2, 0.25) is 0 Å². The Hall–Kier alpha value is -3.60. The van der Waals surface area contributed by atoms with E-state index in [0.717, 1.165) is 16.8 Å². The van der Waals surface area contributed by atoms with Crippen LogP contribution in [-0.2, 0) is 0 Å². The van der Waals surface area contributed by atoms with E-state index in [0.29, 0.717) is 22.5 Å². The molecule has 0 amide bonds. The molecule has 0 spiro atoms. The van der Waals surface area contributed by atoms with E-state index in [9.17, 15) is 4.79 Å². The van der Waals surface area contributed by atoms with Crippen molar-refractivity contribution in [3.8, 4) is 17.1 Å². The first-order valence-electron chi connectivity index (χ1n) is 8.66. The third-order valence-electron chi connectivity index (χ3n) is 4.38. The summed E-state index contributed by atoms with van der Waals surface area (Å²) in [5.74, 6) is 1.15. The molecule has 0 bridgehead atoms. The highest BCUT2D eigenvalue weighted by Crippen LogP contribution is 2.28. The molecule has 0 aliphatic carbocycles.